The maximum Gasteiger partial charge on any atom is 0.290 e. The monoisotopic (exact) mass is 312 g/mol. The smallest absolute Gasteiger partial charge is 0.290 e. The van der Waals surface area contributed by atoms with Gasteiger partial charge in [-0.1, -0.05) is 6.92 Å². The van der Waals surface area contributed by atoms with Gasteiger partial charge >= 0.3 is 0 Å². The first-order chi connectivity index (χ1) is 10.6. The molecule has 1 aliphatic heterocycles. The molecule has 2 rings (SSSR count). The number of piperidine rings is 1. The van der Waals surface area contributed by atoms with Gasteiger partial charge < -0.3 is 19.4 Å². The van der Waals surface area contributed by atoms with Gasteiger partial charge in [-0.2, -0.15) is 4.98 Å². The molecule has 1 N–H and O–H groups in total. The summed E-state index contributed by atoms with van der Waals surface area (Å²) in [7, 11) is 4.27. The lowest BCUT2D eigenvalue weighted by molar-refractivity contribution is -0.122. The van der Waals surface area contributed by atoms with Crippen molar-refractivity contribution in [2.24, 2.45) is 5.92 Å². The van der Waals surface area contributed by atoms with Crippen LogP contribution in [0.3, 0.4) is 0 Å². The average Bonchev–Trinajstić information content (AvgIpc) is 2.95. The molecule has 1 aromatic rings. The fourth-order valence-corrected chi connectivity index (χ4v) is 2.61. The third-order valence-electron chi connectivity index (χ3n) is 3.71. The summed E-state index contributed by atoms with van der Waals surface area (Å²) in [5.74, 6) is 2.31. The van der Waals surface area contributed by atoms with Gasteiger partial charge in [-0.25, -0.2) is 0 Å². The minimum atomic E-state index is -0.250. The van der Waals surface area contributed by atoms with Gasteiger partial charge in [0.15, 0.2) is 0 Å². The van der Waals surface area contributed by atoms with Crippen molar-refractivity contribution >= 4 is 12.4 Å². The number of carbonyl (C=O) groups is 1. The molecule has 1 saturated heterocycles. The van der Waals surface area contributed by atoms with Crippen molar-refractivity contribution in [3.05, 3.63) is 5.89 Å². The molecule has 7 nitrogen and oxygen atoms in total. The summed E-state index contributed by atoms with van der Waals surface area (Å²) >= 11 is 0. The molecule has 0 amide bonds. The quantitative estimate of drug-likeness (QED) is 0.803. The lowest BCUT2D eigenvalue weighted by Gasteiger charge is -2.32. The van der Waals surface area contributed by atoms with Crippen molar-refractivity contribution in [1.82, 2.24) is 15.0 Å². The zero-order chi connectivity index (χ0) is 16.4. The van der Waals surface area contributed by atoms with Gasteiger partial charge in [0, 0.05) is 19.5 Å². The molecule has 0 aromatic carbocycles. The van der Waals surface area contributed by atoms with Gasteiger partial charge in [-0.3, -0.25) is 4.79 Å². The standard InChI is InChI=1S/C14H26N4O.CH2O2/c1-4-6-13-15-14(16-19-13)18-9-5-7-12(11-18)8-10-17(2)3;2-1-3/h12H,4-11H2,1-3H3;1H,(H,2,3). The van der Waals surface area contributed by atoms with Crippen molar-refractivity contribution in [1.29, 1.82) is 0 Å². The van der Waals surface area contributed by atoms with Gasteiger partial charge in [-0.15, -0.1) is 0 Å². The van der Waals surface area contributed by atoms with Crippen LogP contribution in [0.15, 0.2) is 4.52 Å². The number of hydrogen-bond donors (Lipinski definition) is 1. The van der Waals surface area contributed by atoms with Crippen LogP contribution in [0.2, 0.25) is 0 Å². The molecule has 1 aliphatic rings. The molecule has 0 aliphatic carbocycles. The van der Waals surface area contributed by atoms with Crippen LogP contribution in [0.25, 0.3) is 0 Å². The zero-order valence-electron chi connectivity index (χ0n) is 13.9. The Morgan fingerprint density at radius 2 is 2.23 bits per heavy atom. The molecule has 1 aromatic heterocycles. The molecule has 1 fully saturated rings. The van der Waals surface area contributed by atoms with E-state index in [-0.39, 0.29) is 6.47 Å². The maximum atomic E-state index is 8.36. The first-order valence-corrected chi connectivity index (χ1v) is 7.90. The summed E-state index contributed by atoms with van der Waals surface area (Å²) < 4.78 is 5.28. The molecular weight excluding hydrogens is 284 g/mol. The van der Waals surface area contributed by atoms with E-state index >= 15 is 0 Å². The fraction of sp³-hybridized carbons (Fsp3) is 0.800. The summed E-state index contributed by atoms with van der Waals surface area (Å²) in [6.07, 6.45) is 5.74. The highest BCUT2D eigenvalue weighted by Crippen LogP contribution is 2.23. The number of rotatable bonds is 6. The van der Waals surface area contributed by atoms with Crippen LogP contribution >= 0.6 is 0 Å². The topological polar surface area (TPSA) is 82.7 Å². The Bertz CT molecular complexity index is 423. The van der Waals surface area contributed by atoms with Crippen LogP contribution in [-0.4, -0.2) is 60.3 Å². The lowest BCUT2D eigenvalue weighted by atomic mass is 9.95. The molecule has 1 unspecified atom stereocenters. The molecule has 0 radical (unpaired) electrons. The van der Waals surface area contributed by atoms with Gasteiger partial charge in [0.2, 0.25) is 5.89 Å². The SMILES string of the molecule is CCCc1nc(N2CCCC(CCN(C)C)C2)no1.O=CO. The second-order valence-electron chi connectivity index (χ2n) is 5.89. The van der Waals surface area contributed by atoms with Crippen molar-refractivity contribution in [3.63, 3.8) is 0 Å². The summed E-state index contributed by atoms with van der Waals surface area (Å²) in [6, 6.07) is 0. The zero-order valence-corrected chi connectivity index (χ0v) is 13.9. The van der Waals surface area contributed by atoms with Crippen molar-refractivity contribution < 1.29 is 14.4 Å². The maximum absolute atomic E-state index is 8.36. The van der Waals surface area contributed by atoms with E-state index in [9.17, 15) is 0 Å². The summed E-state index contributed by atoms with van der Waals surface area (Å²) in [5, 5.41) is 11.0. The summed E-state index contributed by atoms with van der Waals surface area (Å²) in [4.78, 5) is 17.4. The van der Waals surface area contributed by atoms with Crippen LogP contribution in [0.4, 0.5) is 5.95 Å². The predicted octanol–water partition coefficient (Wildman–Crippen LogP) is 1.89. The van der Waals surface area contributed by atoms with Crippen molar-refractivity contribution in [2.45, 2.75) is 39.0 Å². The van der Waals surface area contributed by atoms with E-state index in [0.29, 0.717) is 0 Å². The minimum Gasteiger partial charge on any atom is -0.483 e. The Morgan fingerprint density at radius 1 is 1.50 bits per heavy atom. The highest BCUT2D eigenvalue weighted by molar-refractivity contribution is 5.32. The Labute approximate surface area is 132 Å². The second-order valence-corrected chi connectivity index (χ2v) is 5.89. The van der Waals surface area contributed by atoms with E-state index < -0.39 is 0 Å². The number of nitrogens with zero attached hydrogens (tertiary/aromatic N) is 4. The fourth-order valence-electron chi connectivity index (χ4n) is 2.61. The van der Waals surface area contributed by atoms with E-state index in [2.05, 4.69) is 41.0 Å². The van der Waals surface area contributed by atoms with E-state index in [0.717, 1.165) is 50.2 Å². The Kier molecular flexibility index (Phi) is 8.50. The molecule has 2 heterocycles. The molecule has 22 heavy (non-hydrogen) atoms. The Balaban J connectivity index is 0.000000745. The van der Waals surface area contributed by atoms with E-state index in [1.807, 2.05) is 0 Å². The lowest BCUT2D eigenvalue weighted by Crippen LogP contribution is -2.37. The molecule has 1 atom stereocenters. The molecule has 0 saturated carbocycles. The summed E-state index contributed by atoms with van der Waals surface area (Å²) in [5.41, 5.74) is 0. The first-order valence-electron chi connectivity index (χ1n) is 7.90. The Hall–Kier alpha value is -1.63. The predicted molar refractivity (Wildman–Crippen MR) is 85.1 cm³/mol. The minimum absolute atomic E-state index is 0.250. The number of aryl methyl sites for hydroxylation is 1. The van der Waals surface area contributed by atoms with Gasteiger partial charge in [-0.05, 0) is 57.4 Å². The van der Waals surface area contributed by atoms with Crippen LogP contribution in [0.1, 0.15) is 38.5 Å². The van der Waals surface area contributed by atoms with Gasteiger partial charge in [0.05, 0.1) is 0 Å². The van der Waals surface area contributed by atoms with E-state index in [1.54, 1.807) is 0 Å². The molecule has 0 bridgehead atoms. The van der Waals surface area contributed by atoms with Gasteiger partial charge in [0.1, 0.15) is 0 Å². The van der Waals surface area contributed by atoms with Crippen molar-refractivity contribution in [3.8, 4) is 0 Å². The first kappa shape index (κ1) is 18.4. The third kappa shape index (κ3) is 6.43. The second kappa shape index (κ2) is 10.2. The molecule has 126 valence electrons. The third-order valence-corrected chi connectivity index (χ3v) is 3.71. The average molecular weight is 312 g/mol. The van der Waals surface area contributed by atoms with Gasteiger partial charge in [0.25, 0.3) is 12.4 Å². The van der Waals surface area contributed by atoms with E-state index in [1.165, 1.54) is 19.3 Å². The molecule has 7 heteroatoms. The van der Waals surface area contributed by atoms with Crippen LogP contribution in [0, 0.1) is 5.92 Å². The van der Waals surface area contributed by atoms with Crippen LogP contribution < -0.4 is 4.90 Å². The Morgan fingerprint density at radius 3 is 2.86 bits per heavy atom. The van der Waals surface area contributed by atoms with Crippen LogP contribution in [0.5, 0.6) is 0 Å². The molecular formula is C15H28N4O3. The number of aromatic nitrogens is 2. The number of hydrogen-bond acceptors (Lipinski definition) is 6. The number of carboxylic acid groups (broad SMARTS) is 1. The molecule has 0 spiro atoms. The van der Waals surface area contributed by atoms with Crippen molar-refractivity contribution in [2.75, 3.05) is 38.6 Å². The highest BCUT2D eigenvalue weighted by atomic mass is 16.5. The normalized spacial score (nSPS) is 18.0. The largest absolute Gasteiger partial charge is 0.483 e. The highest BCUT2D eigenvalue weighted by Gasteiger charge is 2.23. The number of anilines is 1. The summed E-state index contributed by atoms with van der Waals surface area (Å²) in [6.45, 7) is 5.16. The van der Waals surface area contributed by atoms with Crippen LogP contribution in [-0.2, 0) is 11.2 Å². The van der Waals surface area contributed by atoms with E-state index in [4.69, 9.17) is 14.4 Å².